The first-order valence-corrected chi connectivity index (χ1v) is 7.89. The Kier molecular flexibility index (Phi) is 4.31. The molecule has 0 bridgehead atoms. The van der Waals surface area contributed by atoms with Crippen LogP contribution in [0.4, 0.5) is 4.39 Å². The number of rotatable bonds is 3. The lowest BCUT2D eigenvalue weighted by atomic mass is 10.2. The highest BCUT2D eigenvalue weighted by Crippen LogP contribution is 2.25. The Balaban J connectivity index is 2.50. The van der Waals surface area contributed by atoms with Gasteiger partial charge in [-0.15, -0.1) is 0 Å². The average molecular weight is 335 g/mol. The van der Waals surface area contributed by atoms with E-state index in [0.717, 1.165) is 12.1 Å². The van der Waals surface area contributed by atoms with Crippen LogP contribution in [0.1, 0.15) is 13.3 Å². The molecule has 1 aliphatic rings. The molecular weight excluding hydrogens is 323 g/mol. The van der Waals surface area contributed by atoms with Gasteiger partial charge < -0.3 is 0 Å². The monoisotopic (exact) mass is 334 g/mol. The van der Waals surface area contributed by atoms with Crippen molar-refractivity contribution in [1.29, 1.82) is 0 Å². The molecule has 1 fully saturated rings. The lowest BCUT2D eigenvalue weighted by molar-refractivity contribution is -0.137. The summed E-state index contributed by atoms with van der Waals surface area (Å²) >= 11 is 5.59. The van der Waals surface area contributed by atoms with Crippen LogP contribution in [0.15, 0.2) is 23.1 Å². The predicted octanol–water partition coefficient (Wildman–Crippen LogP) is 0.905. The van der Waals surface area contributed by atoms with Gasteiger partial charge in [-0.25, -0.2) is 12.8 Å². The van der Waals surface area contributed by atoms with Crippen LogP contribution in [0.25, 0.3) is 0 Å². The fourth-order valence-electron chi connectivity index (χ4n) is 2.10. The second kappa shape index (κ2) is 5.70. The molecule has 1 saturated heterocycles. The van der Waals surface area contributed by atoms with Gasteiger partial charge in [0.25, 0.3) is 0 Å². The third kappa shape index (κ3) is 2.92. The Morgan fingerprint density at radius 3 is 2.67 bits per heavy atom. The number of halogens is 2. The maximum absolute atomic E-state index is 13.9. The first-order chi connectivity index (χ1) is 9.77. The second-order valence-corrected chi connectivity index (χ2v) is 6.76. The quantitative estimate of drug-likeness (QED) is 0.833. The van der Waals surface area contributed by atoms with E-state index in [1.165, 1.54) is 6.07 Å². The van der Waals surface area contributed by atoms with Gasteiger partial charge in [0, 0.05) is 5.02 Å². The minimum absolute atomic E-state index is 0.0472. The van der Waals surface area contributed by atoms with Crippen molar-refractivity contribution in [2.24, 2.45) is 0 Å². The highest BCUT2D eigenvalue weighted by molar-refractivity contribution is 7.89. The summed E-state index contributed by atoms with van der Waals surface area (Å²) in [4.78, 5) is 22.5. The van der Waals surface area contributed by atoms with Crippen LogP contribution in [0, 0.1) is 5.82 Å². The SMILES string of the molecule is CCC1C(=O)NC(=O)CN1S(=O)(=O)c1ccc(Cl)cc1F. The van der Waals surface area contributed by atoms with Gasteiger partial charge in [0.15, 0.2) is 0 Å². The van der Waals surface area contributed by atoms with E-state index >= 15 is 0 Å². The molecule has 1 atom stereocenters. The zero-order valence-corrected chi connectivity index (χ0v) is 12.5. The van der Waals surface area contributed by atoms with E-state index < -0.39 is 45.1 Å². The summed E-state index contributed by atoms with van der Waals surface area (Å²) in [5.74, 6) is -2.50. The van der Waals surface area contributed by atoms with Crippen molar-refractivity contribution in [2.75, 3.05) is 6.54 Å². The molecule has 1 N–H and O–H groups in total. The van der Waals surface area contributed by atoms with Crippen molar-refractivity contribution in [1.82, 2.24) is 9.62 Å². The zero-order valence-electron chi connectivity index (χ0n) is 11.0. The third-order valence-corrected chi connectivity index (χ3v) is 5.20. The van der Waals surface area contributed by atoms with Crippen molar-refractivity contribution in [2.45, 2.75) is 24.3 Å². The Morgan fingerprint density at radius 2 is 2.10 bits per heavy atom. The number of sulfonamides is 1. The van der Waals surface area contributed by atoms with Crippen molar-refractivity contribution in [3.8, 4) is 0 Å². The molecule has 0 aliphatic carbocycles. The zero-order chi connectivity index (χ0) is 15.8. The first-order valence-electron chi connectivity index (χ1n) is 6.08. The van der Waals surface area contributed by atoms with Crippen LogP contribution in [-0.4, -0.2) is 37.1 Å². The lowest BCUT2D eigenvalue weighted by Crippen LogP contribution is -2.59. The smallest absolute Gasteiger partial charge is 0.247 e. The van der Waals surface area contributed by atoms with Crippen molar-refractivity contribution in [3.05, 3.63) is 29.0 Å². The number of hydrogen-bond acceptors (Lipinski definition) is 4. The molecule has 1 heterocycles. The Bertz CT molecular complexity index is 707. The van der Waals surface area contributed by atoms with Gasteiger partial charge in [0.1, 0.15) is 16.8 Å². The number of nitrogens with zero attached hydrogens (tertiary/aromatic N) is 1. The highest BCUT2D eigenvalue weighted by atomic mass is 35.5. The molecule has 114 valence electrons. The molecule has 0 radical (unpaired) electrons. The first kappa shape index (κ1) is 15.9. The summed E-state index contributed by atoms with van der Waals surface area (Å²) < 4.78 is 39.5. The number of carbonyl (C=O) groups is 2. The number of benzene rings is 1. The number of hydrogen-bond donors (Lipinski definition) is 1. The largest absolute Gasteiger partial charge is 0.294 e. The summed E-state index contributed by atoms with van der Waals surface area (Å²) in [5, 5.41) is 2.11. The minimum Gasteiger partial charge on any atom is -0.294 e. The predicted molar refractivity (Wildman–Crippen MR) is 72.5 cm³/mol. The lowest BCUT2D eigenvalue weighted by Gasteiger charge is -2.32. The Morgan fingerprint density at radius 1 is 1.43 bits per heavy atom. The summed E-state index contributed by atoms with van der Waals surface area (Å²) in [6.07, 6.45) is 0.160. The van der Waals surface area contributed by atoms with Crippen LogP contribution < -0.4 is 5.32 Å². The van der Waals surface area contributed by atoms with Gasteiger partial charge >= 0.3 is 0 Å². The van der Waals surface area contributed by atoms with Gasteiger partial charge in [0.05, 0.1) is 6.54 Å². The molecule has 2 rings (SSSR count). The number of piperazine rings is 1. The standard InChI is InChI=1S/C12H12ClFN2O4S/c1-2-9-12(18)15-11(17)6-16(9)21(19,20)10-4-3-7(13)5-8(10)14/h3-5,9H,2,6H2,1H3,(H,15,17,18). The fourth-order valence-corrected chi connectivity index (χ4v) is 3.92. The van der Waals surface area contributed by atoms with Crippen molar-refractivity contribution >= 4 is 33.4 Å². The summed E-state index contributed by atoms with van der Waals surface area (Å²) in [6, 6.07) is 2.05. The maximum atomic E-state index is 13.9. The molecule has 0 spiro atoms. The molecule has 1 aliphatic heterocycles. The topological polar surface area (TPSA) is 83.6 Å². The van der Waals surface area contributed by atoms with Crippen LogP contribution in [0.2, 0.25) is 5.02 Å². The molecule has 0 aromatic heterocycles. The van der Waals surface area contributed by atoms with E-state index in [-0.39, 0.29) is 11.4 Å². The molecule has 1 aromatic rings. The molecule has 1 unspecified atom stereocenters. The van der Waals surface area contributed by atoms with Crippen LogP contribution in [-0.2, 0) is 19.6 Å². The van der Waals surface area contributed by atoms with Gasteiger partial charge in [-0.3, -0.25) is 14.9 Å². The van der Waals surface area contributed by atoms with E-state index in [1.807, 2.05) is 0 Å². The Labute approximate surface area is 125 Å². The summed E-state index contributed by atoms with van der Waals surface area (Å²) in [6.45, 7) is 1.06. The summed E-state index contributed by atoms with van der Waals surface area (Å²) in [5.41, 5.74) is 0. The van der Waals surface area contributed by atoms with Gasteiger partial charge in [0.2, 0.25) is 21.8 Å². The van der Waals surface area contributed by atoms with Gasteiger partial charge in [-0.1, -0.05) is 18.5 Å². The highest BCUT2D eigenvalue weighted by Gasteiger charge is 2.41. The van der Waals surface area contributed by atoms with Crippen LogP contribution in [0.5, 0.6) is 0 Å². The normalized spacial score (nSPS) is 20.4. The molecule has 2 amide bonds. The van der Waals surface area contributed by atoms with Crippen molar-refractivity contribution < 1.29 is 22.4 Å². The maximum Gasteiger partial charge on any atom is 0.247 e. The second-order valence-electron chi connectivity index (χ2n) is 4.46. The molecule has 21 heavy (non-hydrogen) atoms. The third-order valence-electron chi connectivity index (χ3n) is 3.08. The van der Waals surface area contributed by atoms with E-state index in [1.54, 1.807) is 6.92 Å². The minimum atomic E-state index is -4.32. The van der Waals surface area contributed by atoms with Crippen molar-refractivity contribution in [3.63, 3.8) is 0 Å². The molecule has 0 saturated carbocycles. The van der Waals surface area contributed by atoms with E-state index in [4.69, 9.17) is 11.6 Å². The molecular formula is C12H12ClFN2O4S. The molecule has 9 heteroatoms. The van der Waals surface area contributed by atoms with E-state index in [9.17, 15) is 22.4 Å². The number of amides is 2. The number of nitrogens with one attached hydrogen (secondary N) is 1. The molecule has 1 aromatic carbocycles. The van der Waals surface area contributed by atoms with Gasteiger partial charge in [-0.05, 0) is 24.6 Å². The Hall–Kier alpha value is -1.51. The molecule has 6 nitrogen and oxygen atoms in total. The number of imide groups is 1. The average Bonchev–Trinajstić information content (AvgIpc) is 2.37. The summed E-state index contributed by atoms with van der Waals surface area (Å²) in [7, 11) is -4.32. The number of carbonyl (C=O) groups excluding carboxylic acids is 2. The van der Waals surface area contributed by atoms with E-state index in [0.29, 0.717) is 4.31 Å². The van der Waals surface area contributed by atoms with Gasteiger partial charge in [-0.2, -0.15) is 4.31 Å². The fraction of sp³-hybridized carbons (Fsp3) is 0.333. The van der Waals surface area contributed by atoms with Crippen LogP contribution >= 0.6 is 11.6 Å². The van der Waals surface area contributed by atoms with E-state index in [2.05, 4.69) is 5.32 Å². The van der Waals surface area contributed by atoms with Crippen LogP contribution in [0.3, 0.4) is 0 Å².